The number of nitrogen functional groups attached to an aromatic ring is 1. The van der Waals surface area contributed by atoms with Gasteiger partial charge in [0.15, 0.2) is 16.8 Å². The SMILES string of the molecule is CCCS(=O)c1nc(Cl)c(N)c(NC2CC(OCCO)C3OC(C)(C)OC23)n1. The molecule has 28 heavy (non-hydrogen) atoms. The molecule has 0 aromatic carbocycles. The summed E-state index contributed by atoms with van der Waals surface area (Å²) in [6.45, 7) is 5.75. The van der Waals surface area contributed by atoms with E-state index < -0.39 is 16.6 Å². The van der Waals surface area contributed by atoms with Crippen molar-refractivity contribution in [3.05, 3.63) is 5.15 Å². The second-order valence-electron chi connectivity index (χ2n) is 7.29. The molecule has 9 nitrogen and oxygen atoms in total. The number of hydrogen-bond donors (Lipinski definition) is 3. The quantitative estimate of drug-likeness (QED) is 0.409. The highest BCUT2D eigenvalue weighted by Crippen LogP contribution is 2.41. The van der Waals surface area contributed by atoms with Crippen LogP contribution in [0.1, 0.15) is 33.6 Å². The predicted molar refractivity (Wildman–Crippen MR) is 106 cm³/mol. The summed E-state index contributed by atoms with van der Waals surface area (Å²) in [7, 11) is -1.35. The van der Waals surface area contributed by atoms with Gasteiger partial charge in [-0.25, -0.2) is 9.97 Å². The monoisotopic (exact) mass is 434 g/mol. The van der Waals surface area contributed by atoms with Crippen molar-refractivity contribution in [1.29, 1.82) is 0 Å². The summed E-state index contributed by atoms with van der Waals surface area (Å²) in [5.74, 6) is 0.00848. The van der Waals surface area contributed by atoms with Crippen molar-refractivity contribution in [3.8, 4) is 0 Å². The van der Waals surface area contributed by atoms with E-state index in [1.165, 1.54) is 0 Å². The lowest BCUT2D eigenvalue weighted by atomic mass is 10.2. The van der Waals surface area contributed by atoms with Crippen molar-refractivity contribution in [3.63, 3.8) is 0 Å². The molecule has 5 unspecified atom stereocenters. The molecule has 5 atom stereocenters. The molecule has 1 aromatic heterocycles. The normalized spacial score (nSPS) is 29.6. The number of rotatable bonds is 8. The number of aliphatic hydroxyl groups is 1. The van der Waals surface area contributed by atoms with Crippen molar-refractivity contribution in [1.82, 2.24) is 9.97 Å². The van der Waals surface area contributed by atoms with Crippen molar-refractivity contribution < 1.29 is 23.5 Å². The number of nitrogens with one attached hydrogen (secondary N) is 1. The Bertz CT molecular complexity index is 738. The highest BCUT2D eigenvalue weighted by Gasteiger charge is 2.54. The summed E-state index contributed by atoms with van der Waals surface area (Å²) < 4.78 is 30.1. The second kappa shape index (κ2) is 8.76. The average molecular weight is 435 g/mol. The Morgan fingerprint density at radius 3 is 2.79 bits per heavy atom. The zero-order valence-electron chi connectivity index (χ0n) is 16.2. The van der Waals surface area contributed by atoms with Crippen molar-refractivity contribution in [2.24, 2.45) is 0 Å². The third-order valence-corrected chi connectivity index (χ3v) is 6.29. The molecule has 1 aromatic rings. The standard InChI is InChI=1S/C17H27ClN4O5S/c1-4-7-28(24)16-21-14(18)11(19)15(22-16)20-9-8-10(25-6-5-23)13-12(9)26-17(2,3)27-13/h9-10,12-13,23H,4-8,19H2,1-3H3,(H,20,21,22). The van der Waals surface area contributed by atoms with Crippen LogP contribution in [-0.4, -0.2) is 68.4 Å². The van der Waals surface area contributed by atoms with E-state index in [0.29, 0.717) is 18.0 Å². The van der Waals surface area contributed by atoms with Gasteiger partial charge < -0.3 is 30.4 Å². The third kappa shape index (κ3) is 4.58. The van der Waals surface area contributed by atoms with E-state index in [0.717, 1.165) is 6.42 Å². The molecule has 0 amide bonds. The van der Waals surface area contributed by atoms with E-state index in [-0.39, 0.29) is 53.6 Å². The summed E-state index contributed by atoms with van der Waals surface area (Å²) >= 11 is 6.14. The van der Waals surface area contributed by atoms with E-state index in [9.17, 15) is 4.21 Å². The van der Waals surface area contributed by atoms with E-state index in [1.807, 2.05) is 20.8 Å². The smallest absolute Gasteiger partial charge is 0.221 e. The number of nitrogens with zero attached hydrogens (tertiary/aromatic N) is 2. The Hall–Kier alpha value is -1.04. The molecular weight excluding hydrogens is 408 g/mol. The molecule has 0 bridgehead atoms. The molecule has 4 N–H and O–H groups in total. The van der Waals surface area contributed by atoms with Crippen LogP contribution >= 0.6 is 11.6 Å². The van der Waals surface area contributed by atoms with Crippen LogP contribution in [0.2, 0.25) is 5.15 Å². The topological polar surface area (TPSA) is 129 Å². The van der Waals surface area contributed by atoms with Gasteiger partial charge in [0.2, 0.25) is 5.16 Å². The molecule has 2 heterocycles. The van der Waals surface area contributed by atoms with Crippen molar-refractivity contribution in [2.75, 3.05) is 30.0 Å². The minimum absolute atomic E-state index is 0.0588. The number of anilines is 2. The van der Waals surface area contributed by atoms with E-state index in [4.69, 9.17) is 36.7 Å². The highest BCUT2D eigenvalue weighted by atomic mass is 35.5. The fraction of sp³-hybridized carbons (Fsp3) is 0.765. The van der Waals surface area contributed by atoms with Gasteiger partial charge >= 0.3 is 0 Å². The van der Waals surface area contributed by atoms with Gasteiger partial charge in [0.1, 0.15) is 17.9 Å². The molecule has 2 fully saturated rings. The number of ether oxygens (including phenoxy) is 3. The summed E-state index contributed by atoms with van der Waals surface area (Å²) in [5, 5.41) is 12.5. The maximum absolute atomic E-state index is 12.3. The maximum Gasteiger partial charge on any atom is 0.221 e. The van der Waals surface area contributed by atoms with Crippen molar-refractivity contribution >= 4 is 33.9 Å². The van der Waals surface area contributed by atoms with Crippen molar-refractivity contribution in [2.45, 2.75) is 68.9 Å². The number of halogens is 1. The fourth-order valence-corrected chi connectivity index (χ4v) is 4.69. The molecule has 1 aliphatic carbocycles. The molecule has 0 radical (unpaired) electrons. The molecule has 1 saturated heterocycles. The van der Waals surface area contributed by atoms with Crippen LogP contribution in [0.3, 0.4) is 0 Å². The summed E-state index contributed by atoms with van der Waals surface area (Å²) in [6, 6.07) is -0.212. The molecule has 3 rings (SSSR count). The lowest BCUT2D eigenvalue weighted by Crippen LogP contribution is -2.35. The number of fused-ring (bicyclic) bond motifs is 1. The molecule has 158 valence electrons. The first kappa shape index (κ1) is 21.7. The average Bonchev–Trinajstić information content (AvgIpc) is 3.11. The van der Waals surface area contributed by atoms with Crippen LogP contribution in [0.5, 0.6) is 0 Å². The van der Waals surface area contributed by atoms with Crippen LogP contribution in [0, 0.1) is 0 Å². The van der Waals surface area contributed by atoms with Gasteiger partial charge in [-0.1, -0.05) is 18.5 Å². The lowest BCUT2D eigenvalue weighted by molar-refractivity contribution is -0.167. The van der Waals surface area contributed by atoms with Crippen LogP contribution in [-0.2, 0) is 25.0 Å². The van der Waals surface area contributed by atoms with Gasteiger partial charge in [-0.2, -0.15) is 0 Å². The largest absolute Gasteiger partial charge is 0.394 e. The second-order valence-corrected chi connectivity index (χ2v) is 9.12. The molecule has 1 saturated carbocycles. The molecular formula is C17H27ClN4O5S. The molecule has 11 heteroatoms. The molecule has 1 aliphatic heterocycles. The predicted octanol–water partition coefficient (Wildman–Crippen LogP) is 1.31. The van der Waals surface area contributed by atoms with Crippen LogP contribution in [0.4, 0.5) is 11.5 Å². The zero-order chi connectivity index (χ0) is 20.5. The minimum atomic E-state index is -1.35. The van der Waals surface area contributed by atoms with Gasteiger partial charge in [0.25, 0.3) is 0 Å². The first-order chi connectivity index (χ1) is 13.3. The summed E-state index contributed by atoms with van der Waals surface area (Å²) in [6.07, 6.45) is 0.475. The van der Waals surface area contributed by atoms with Gasteiger partial charge in [-0.05, 0) is 26.7 Å². The number of aromatic nitrogens is 2. The highest BCUT2D eigenvalue weighted by molar-refractivity contribution is 7.84. The van der Waals surface area contributed by atoms with E-state index in [1.54, 1.807) is 0 Å². The lowest BCUT2D eigenvalue weighted by Gasteiger charge is -2.24. The third-order valence-electron chi connectivity index (χ3n) is 4.63. The van der Waals surface area contributed by atoms with Crippen LogP contribution in [0.15, 0.2) is 5.16 Å². The maximum atomic E-state index is 12.3. The number of aliphatic hydroxyl groups excluding tert-OH is 1. The summed E-state index contributed by atoms with van der Waals surface area (Å²) in [4.78, 5) is 8.40. The Balaban J connectivity index is 1.83. The zero-order valence-corrected chi connectivity index (χ0v) is 17.8. The van der Waals surface area contributed by atoms with Gasteiger partial charge in [0.05, 0.1) is 36.2 Å². The van der Waals surface area contributed by atoms with E-state index >= 15 is 0 Å². The van der Waals surface area contributed by atoms with Crippen LogP contribution in [0.25, 0.3) is 0 Å². The number of hydrogen-bond acceptors (Lipinski definition) is 9. The molecule has 0 spiro atoms. The van der Waals surface area contributed by atoms with Crippen LogP contribution < -0.4 is 11.1 Å². The summed E-state index contributed by atoms with van der Waals surface area (Å²) in [5.41, 5.74) is 6.24. The first-order valence-electron chi connectivity index (χ1n) is 9.31. The Labute approximate surface area is 171 Å². The Morgan fingerprint density at radius 1 is 1.39 bits per heavy atom. The first-order valence-corrected chi connectivity index (χ1v) is 11.0. The van der Waals surface area contributed by atoms with Gasteiger partial charge in [-0.15, -0.1) is 0 Å². The molecule has 2 aliphatic rings. The Kier molecular flexibility index (Phi) is 6.78. The minimum Gasteiger partial charge on any atom is -0.394 e. The fourth-order valence-electron chi connectivity index (χ4n) is 3.53. The van der Waals surface area contributed by atoms with Gasteiger partial charge in [0, 0.05) is 5.75 Å². The van der Waals surface area contributed by atoms with Gasteiger partial charge in [-0.3, -0.25) is 4.21 Å². The van der Waals surface area contributed by atoms with E-state index in [2.05, 4.69) is 15.3 Å². The number of nitrogens with two attached hydrogens (primary N) is 1. The Morgan fingerprint density at radius 2 is 2.11 bits per heavy atom.